The van der Waals surface area contributed by atoms with Gasteiger partial charge in [-0.3, -0.25) is 0 Å². The highest BCUT2D eigenvalue weighted by atomic mass is 16.3. The van der Waals surface area contributed by atoms with Gasteiger partial charge in [-0.1, -0.05) is 19.1 Å². The standard InChI is InChI=1S/C14H23NO2/c1-4-14(17)12-5-7-13(8-6-12)15(9-10-16)11(2)3/h5-8,11,14,16-17H,4,9-10H2,1-3H3/t14-/m0/s1. The molecular weight excluding hydrogens is 214 g/mol. The predicted molar refractivity (Wildman–Crippen MR) is 71.3 cm³/mol. The van der Waals surface area contributed by atoms with Crippen molar-refractivity contribution in [1.29, 1.82) is 0 Å². The van der Waals surface area contributed by atoms with Crippen molar-refractivity contribution >= 4 is 5.69 Å². The van der Waals surface area contributed by atoms with Crippen molar-refractivity contribution in [2.45, 2.75) is 39.3 Å². The van der Waals surface area contributed by atoms with Crippen LogP contribution in [0.2, 0.25) is 0 Å². The molecule has 3 nitrogen and oxygen atoms in total. The number of anilines is 1. The van der Waals surface area contributed by atoms with Crippen LogP contribution in [-0.2, 0) is 0 Å². The van der Waals surface area contributed by atoms with Gasteiger partial charge in [0.05, 0.1) is 12.7 Å². The second-order valence-electron chi connectivity index (χ2n) is 4.53. The molecule has 0 aliphatic carbocycles. The Balaban J connectivity index is 2.84. The Hall–Kier alpha value is -1.06. The number of rotatable bonds is 6. The van der Waals surface area contributed by atoms with E-state index in [1.165, 1.54) is 0 Å². The Bertz CT molecular complexity index is 321. The molecule has 1 rings (SSSR count). The van der Waals surface area contributed by atoms with Crippen LogP contribution in [0, 0.1) is 0 Å². The molecule has 1 aromatic rings. The monoisotopic (exact) mass is 237 g/mol. The SMILES string of the molecule is CC[C@H](O)c1ccc(N(CCO)C(C)C)cc1. The topological polar surface area (TPSA) is 43.7 Å². The summed E-state index contributed by atoms with van der Waals surface area (Å²) in [4.78, 5) is 2.14. The van der Waals surface area contributed by atoms with Crippen molar-refractivity contribution in [3.05, 3.63) is 29.8 Å². The lowest BCUT2D eigenvalue weighted by Gasteiger charge is -2.28. The van der Waals surface area contributed by atoms with Gasteiger partial charge in [0.2, 0.25) is 0 Å². The minimum Gasteiger partial charge on any atom is -0.395 e. The van der Waals surface area contributed by atoms with Gasteiger partial charge < -0.3 is 15.1 Å². The minimum absolute atomic E-state index is 0.150. The van der Waals surface area contributed by atoms with E-state index in [9.17, 15) is 5.11 Å². The summed E-state index contributed by atoms with van der Waals surface area (Å²) in [7, 11) is 0. The largest absolute Gasteiger partial charge is 0.395 e. The molecule has 2 N–H and O–H groups in total. The van der Waals surface area contributed by atoms with E-state index >= 15 is 0 Å². The summed E-state index contributed by atoms with van der Waals surface area (Å²) in [5.41, 5.74) is 2.03. The summed E-state index contributed by atoms with van der Waals surface area (Å²) in [5.74, 6) is 0. The molecule has 96 valence electrons. The molecule has 0 heterocycles. The van der Waals surface area contributed by atoms with Gasteiger partial charge in [-0.2, -0.15) is 0 Å². The van der Waals surface area contributed by atoms with Crippen LogP contribution < -0.4 is 4.90 Å². The summed E-state index contributed by atoms with van der Waals surface area (Å²) in [6.45, 7) is 6.95. The van der Waals surface area contributed by atoms with Crippen molar-refractivity contribution in [3.8, 4) is 0 Å². The maximum Gasteiger partial charge on any atom is 0.0787 e. The van der Waals surface area contributed by atoms with Crippen LogP contribution in [0.5, 0.6) is 0 Å². The molecule has 1 atom stereocenters. The zero-order valence-corrected chi connectivity index (χ0v) is 10.9. The quantitative estimate of drug-likeness (QED) is 0.798. The molecule has 0 amide bonds. The van der Waals surface area contributed by atoms with Crippen LogP contribution in [0.25, 0.3) is 0 Å². The molecule has 0 unspecified atom stereocenters. The Morgan fingerprint density at radius 1 is 1.18 bits per heavy atom. The lowest BCUT2D eigenvalue weighted by atomic mass is 10.1. The number of aliphatic hydroxyl groups excluding tert-OH is 2. The molecule has 0 saturated heterocycles. The third kappa shape index (κ3) is 3.72. The third-order valence-corrected chi connectivity index (χ3v) is 2.96. The van der Waals surface area contributed by atoms with E-state index in [1.807, 2.05) is 31.2 Å². The van der Waals surface area contributed by atoms with Crippen LogP contribution in [0.4, 0.5) is 5.69 Å². The zero-order chi connectivity index (χ0) is 12.8. The van der Waals surface area contributed by atoms with Crippen molar-refractivity contribution in [2.75, 3.05) is 18.1 Å². The van der Waals surface area contributed by atoms with E-state index in [4.69, 9.17) is 5.11 Å². The molecule has 0 fully saturated rings. The highest BCUT2D eigenvalue weighted by molar-refractivity contribution is 5.48. The predicted octanol–water partition coefficient (Wildman–Crippen LogP) is 2.34. The fraction of sp³-hybridized carbons (Fsp3) is 0.571. The highest BCUT2D eigenvalue weighted by Gasteiger charge is 2.10. The van der Waals surface area contributed by atoms with Crippen LogP contribution in [0.15, 0.2) is 24.3 Å². The van der Waals surface area contributed by atoms with Gasteiger partial charge >= 0.3 is 0 Å². The molecule has 3 heteroatoms. The van der Waals surface area contributed by atoms with Crippen molar-refractivity contribution in [2.24, 2.45) is 0 Å². The fourth-order valence-corrected chi connectivity index (χ4v) is 1.92. The Morgan fingerprint density at radius 3 is 2.18 bits per heavy atom. The molecule has 0 bridgehead atoms. The highest BCUT2D eigenvalue weighted by Crippen LogP contribution is 2.22. The van der Waals surface area contributed by atoms with Gasteiger partial charge in [0.25, 0.3) is 0 Å². The lowest BCUT2D eigenvalue weighted by molar-refractivity contribution is 0.173. The average molecular weight is 237 g/mol. The first-order chi connectivity index (χ1) is 8.10. The summed E-state index contributed by atoms with van der Waals surface area (Å²) >= 11 is 0. The van der Waals surface area contributed by atoms with Gasteiger partial charge in [-0.25, -0.2) is 0 Å². The third-order valence-electron chi connectivity index (χ3n) is 2.96. The summed E-state index contributed by atoms with van der Waals surface area (Å²) < 4.78 is 0. The Labute approximate surface area is 104 Å². The van der Waals surface area contributed by atoms with Gasteiger partial charge in [-0.05, 0) is 38.0 Å². The first kappa shape index (κ1) is 14.0. The molecule has 0 saturated carbocycles. The van der Waals surface area contributed by atoms with Crippen LogP contribution in [0.3, 0.4) is 0 Å². The number of aliphatic hydroxyl groups is 2. The van der Waals surface area contributed by atoms with E-state index in [-0.39, 0.29) is 12.7 Å². The van der Waals surface area contributed by atoms with Gasteiger partial charge in [-0.15, -0.1) is 0 Å². The maximum atomic E-state index is 9.72. The van der Waals surface area contributed by atoms with E-state index in [2.05, 4.69) is 18.7 Å². The molecular formula is C14H23NO2. The second-order valence-corrected chi connectivity index (χ2v) is 4.53. The number of hydrogen-bond acceptors (Lipinski definition) is 3. The van der Waals surface area contributed by atoms with E-state index in [0.717, 1.165) is 17.7 Å². The average Bonchev–Trinajstić information content (AvgIpc) is 2.35. The van der Waals surface area contributed by atoms with E-state index in [0.29, 0.717) is 12.6 Å². The second kappa shape index (κ2) is 6.62. The zero-order valence-electron chi connectivity index (χ0n) is 10.9. The van der Waals surface area contributed by atoms with Crippen LogP contribution in [0.1, 0.15) is 38.9 Å². The maximum absolute atomic E-state index is 9.72. The summed E-state index contributed by atoms with van der Waals surface area (Å²) in [6.07, 6.45) is 0.346. The lowest BCUT2D eigenvalue weighted by Crippen LogP contribution is -2.33. The van der Waals surface area contributed by atoms with Crippen molar-refractivity contribution in [3.63, 3.8) is 0 Å². The normalized spacial score (nSPS) is 12.8. The van der Waals surface area contributed by atoms with E-state index < -0.39 is 0 Å². The Morgan fingerprint density at radius 2 is 1.76 bits per heavy atom. The smallest absolute Gasteiger partial charge is 0.0787 e. The Kier molecular flexibility index (Phi) is 5.45. The van der Waals surface area contributed by atoms with Gasteiger partial charge in [0.15, 0.2) is 0 Å². The number of hydrogen-bond donors (Lipinski definition) is 2. The molecule has 0 aliphatic heterocycles. The number of benzene rings is 1. The molecule has 1 aromatic carbocycles. The minimum atomic E-state index is -0.380. The van der Waals surface area contributed by atoms with E-state index in [1.54, 1.807) is 0 Å². The van der Waals surface area contributed by atoms with Crippen LogP contribution in [-0.4, -0.2) is 29.4 Å². The first-order valence-electron chi connectivity index (χ1n) is 6.25. The van der Waals surface area contributed by atoms with Gasteiger partial charge in [0.1, 0.15) is 0 Å². The first-order valence-corrected chi connectivity index (χ1v) is 6.25. The van der Waals surface area contributed by atoms with Crippen molar-refractivity contribution < 1.29 is 10.2 Å². The summed E-state index contributed by atoms with van der Waals surface area (Å²) in [6, 6.07) is 8.27. The molecule has 0 aromatic heterocycles. The molecule has 0 aliphatic rings. The summed E-state index contributed by atoms with van der Waals surface area (Å²) in [5, 5.41) is 18.8. The molecule has 0 radical (unpaired) electrons. The van der Waals surface area contributed by atoms with Crippen LogP contribution >= 0.6 is 0 Å². The molecule has 0 spiro atoms. The molecule has 17 heavy (non-hydrogen) atoms. The number of nitrogens with zero attached hydrogens (tertiary/aromatic N) is 1. The fourth-order valence-electron chi connectivity index (χ4n) is 1.92. The van der Waals surface area contributed by atoms with Crippen molar-refractivity contribution in [1.82, 2.24) is 0 Å². The van der Waals surface area contributed by atoms with Gasteiger partial charge in [0, 0.05) is 18.3 Å².